The molecular formula is C18H16ClFN2O4. The summed E-state index contributed by atoms with van der Waals surface area (Å²) >= 11 is 6.03. The van der Waals surface area contributed by atoms with Gasteiger partial charge in [0.25, 0.3) is 0 Å². The topological polar surface area (TPSA) is 82.8 Å². The lowest BCUT2D eigenvalue weighted by Gasteiger charge is -2.43. The Morgan fingerprint density at radius 2 is 2.27 bits per heavy atom. The Morgan fingerprint density at radius 1 is 1.50 bits per heavy atom. The highest BCUT2D eigenvalue weighted by Gasteiger charge is 2.78. The predicted octanol–water partition coefficient (Wildman–Crippen LogP) is 1.97. The third-order valence-corrected chi connectivity index (χ3v) is 6.73. The van der Waals surface area contributed by atoms with Gasteiger partial charge in [-0.25, -0.2) is 4.39 Å². The average Bonchev–Trinajstić information content (AvgIpc) is 3.11. The van der Waals surface area contributed by atoms with Crippen LogP contribution in [0.5, 0.6) is 0 Å². The summed E-state index contributed by atoms with van der Waals surface area (Å²) in [7, 11) is 0. The van der Waals surface area contributed by atoms with Crippen LogP contribution in [0, 0.1) is 29.0 Å². The summed E-state index contributed by atoms with van der Waals surface area (Å²) in [5.74, 6) is -1.79. The van der Waals surface area contributed by atoms with Crippen molar-refractivity contribution in [2.75, 3.05) is 11.5 Å². The van der Waals surface area contributed by atoms with E-state index in [4.69, 9.17) is 26.3 Å². The van der Waals surface area contributed by atoms with Crippen LogP contribution in [0.4, 0.5) is 10.1 Å². The van der Waals surface area contributed by atoms with E-state index in [2.05, 4.69) is 0 Å². The summed E-state index contributed by atoms with van der Waals surface area (Å²) in [5, 5.41) is 19.6. The van der Waals surface area contributed by atoms with Crippen molar-refractivity contribution in [1.82, 2.24) is 0 Å². The number of aliphatic hydroxyl groups is 1. The fourth-order valence-corrected chi connectivity index (χ4v) is 5.73. The molecule has 26 heavy (non-hydrogen) atoms. The van der Waals surface area contributed by atoms with Crippen LogP contribution in [0.2, 0.25) is 5.02 Å². The Balaban J connectivity index is 1.64. The molecule has 2 bridgehead atoms. The SMILES string of the molecule is C[C@@]12C[C@@H](O)[C@]3(CCO[C@H]4[C@@H]3[C@@H]1C(=O)N4c1cc(F)c(C#N)c(Cl)c1)O2. The number of fused-ring (bicyclic) bond motifs is 2. The molecule has 0 radical (unpaired) electrons. The predicted molar refractivity (Wildman–Crippen MR) is 87.8 cm³/mol. The first-order valence-corrected chi connectivity index (χ1v) is 8.92. The zero-order valence-corrected chi connectivity index (χ0v) is 14.7. The lowest BCUT2D eigenvalue weighted by molar-refractivity contribution is -0.163. The van der Waals surface area contributed by atoms with Crippen LogP contribution in [-0.2, 0) is 14.3 Å². The van der Waals surface area contributed by atoms with Crippen LogP contribution in [0.25, 0.3) is 0 Å². The highest BCUT2D eigenvalue weighted by Crippen LogP contribution is 2.65. The maximum absolute atomic E-state index is 14.3. The van der Waals surface area contributed by atoms with Crippen molar-refractivity contribution in [1.29, 1.82) is 5.26 Å². The maximum Gasteiger partial charge on any atom is 0.235 e. The van der Waals surface area contributed by atoms with Gasteiger partial charge in [-0.1, -0.05) is 11.6 Å². The number of nitriles is 1. The zero-order valence-electron chi connectivity index (χ0n) is 13.9. The van der Waals surface area contributed by atoms with Gasteiger partial charge in [0.1, 0.15) is 29.3 Å². The van der Waals surface area contributed by atoms with Crippen molar-refractivity contribution in [2.45, 2.75) is 43.3 Å². The largest absolute Gasteiger partial charge is 0.390 e. The summed E-state index contributed by atoms with van der Waals surface area (Å²) in [6, 6.07) is 4.26. The minimum atomic E-state index is -0.804. The summed E-state index contributed by atoms with van der Waals surface area (Å²) < 4.78 is 26.4. The standard InChI is InChI=1S/C18H16ClFN2O4/c1-17-6-12(23)18(26-17)2-3-25-16-14(18)13(17)15(24)22(16)8-4-10(19)9(7-21)11(20)5-8/h4-5,12-14,16,23H,2-3,6H2,1H3/t12-,13-,14+,16+,17-,18+/m1/s1. The minimum Gasteiger partial charge on any atom is -0.390 e. The van der Waals surface area contributed by atoms with Crippen LogP contribution in [0.3, 0.4) is 0 Å². The molecular weight excluding hydrogens is 363 g/mol. The molecule has 1 aromatic carbocycles. The first-order valence-electron chi connectivity index (χ1n) is 8.54. The van der Waals surface area contributed by atoms with Crippen LogP contribution in [0.15, 0.2) is 12.1 Å². The number of nitrogens with zero attached hydrogens (tertiary/aromatic N) is 2. The molecule has 6 atom stereocenters. The van der Waals surface area contributed by atoms with Crippen LogP contribution >= 0.6 is 11.6 Å². The fraction of sp³-hybridized carbons (Fsp3) is 0.556. The van der Waals surface area contributed by atoms with Gasteiger partial charge in [-0.2, -0.15) is 5.26 Å². The number of hydrogen-bond donors (Lipinski definition) is 1. The van der Waals surface area contributed by atoms with Gasteiger partial charge in [0, 0.05) is 12.8 Å². The Kier molecular flexibility index (Phi) is 3.14. The number of hydrogen-bond acceptors (Lipinski definition) is 5. The molecule has 4 saturated heterocycles. The highest BCUT2D eigenvalue weighted by atomic mass is 35.5. The molecule has 4 aliphatic rings. The average molecular weight is 379 g/mol. The van der Waals surface area contributed by atoms with Gasteiger partial charge < -0.3 is 14.6 Å². The van der Waals surface area contributed by atoms with E-state index in [0.29, 0.717) is 19.4 Å². The van der Waals surface area contributed by atoms with Crippen LogP contribution in [0.1, 0.15) is 25.3 Å². The second-order valence-corrected chi connectivity index (χ2v) is 8.12. The van der Waals surface area contributed by atoms with E-state index in [0.717, 1.165) is 6.07 Å². The Morgan fingerprint density at radius 3 is 2.96 bits per heavy atom. The van der Waals surface area contributed by atoms with Crippen molar-refractivity contribution >= 4 is 23.2 Å². The number of carbonyl (C=O) groups excluding carboxylic acids is 1. The highest BCUT2D eigenvalue weighted by molar-refractivity contribution is 6.32. The molecule has 8 heteroatoms. The van der Waals surface area contributed by atoms with Crippen molar-refractivity contribution in [2.24, 2.45) is 11.8 Å². The molecule has 4 fully saturated rings. The molecule has 4 aliphatic heterocycles. The lowest BCUT2D eigenvalue weighted by Crippen LogP contribution is -2.56. The molecule has 4 heterocycles. The van der Waals surface area contributed by atoms with Gasteiger partial charge >= 0.3 is 0 Å². The van der Waals surface area contributed by atoms with Gasteiger partial charge in [-0.15, -0.1) is 0 Å². The van der Waals surface area contributed by atoms with Gasteiger partial charge in [0.15, 0.2) is 0 Å². The van der Waals surface area contributed by atoms with E-state index < -0.39 is 35.3 Å². The molecule has 0 saturated carbocycles. The summed E-state index contributed by atoms with van der Waals surface area (Å²) in [6.45, 7) is 2.18. The number of carbonyl (C=O) groups is 1. The molecule has 136 valence electrons. The third kappa shape index (κ3) is 1.73. The van der Waals surface area contributed by atoms with Gasteiger partial charge in [-0.05, 0) is 19.1 Å². The summed E-state index contributed by atoms with van der Waals surface area (Å²) in [4.78, 5) is 14.7. The molecule has 0 aromatic heterocycles. The zero-order chi connectivity index (χ0) is 18.4. The number of ether oxygens (including phenoxy) is 2. The van der Waals surface area contributed by atoms with E-state index in [1.165, 1.54) is 11.0 Å². The molecule has 1 aromatic rings. The van der Waals surface area contributed by atoms with Gasteiger partial charge in [0.05, 0.1) is 40.9 Å². The summed E-state index contributed by atoms with van der Waals surface area (Å²) in [5.41, 5.74) is -1.57. The number of halogens is 2. The normalized spacial score (nSPS) is 42.9. The maximum atomic E-state index is 14.3. The number of aliphatic hydroxyl groups excluding tert-OH is 1. The van der Waals surface area contributed by atoms with Crippen molar-refractivity contribution in [3.8, 4) is 6.07 Å². The van der Waals surface area contributed by atoms with Crippen LogP contribution in [-0.4, -0.2) is 41.2 Å². The second-order valence-electron chi connectivity index (χ2n) is 7.71. The Bertz CT molecular complexity index is 865. The molecule has 0 unspecified atom stereocenters. The molecule has 1 amide bonds. The fourth-order valence-electron chi connectivity index (χ4n) is 5.48. The number of benzene rings is 1. The number of rotatable bonds is 1. The lowest BCUT2D eigenvalue weighted by atomic mass is 9.65. The van der Waals surface area contributed by atoms with Gasteiger partial charge in [0.2, 0.25) is 5.91 Å². The first-order chi connectivity index (χ1) is 12.3. The van der Waals surface area contributed by atoms with Crippen molar-refractivity contribution in [3.63, 3.8) is 0 Å². The van der Waals surface area contributed by atoms with E-state index in [1.54, 1.807) is 6.07 Å². The molecule has 6 nitrogen and oxygen atoms in total. The minimum absolute atomic E-state index is 0.0525. The summed E-state index contributed by atoms with van der Waals surface area (Å²) in [6.07, 6.45) is -0.399. The smallest absolute Gasteiger partial charge is 0.235 e. The second kappa shape index (κ2) is 4.96. The van der Waals surface area contributed by atoms with E-state index >= 15 is 0 Å². The van der Waals surface area contributed by atoms with Gasteiger partial charge in [-0.3, -0.25) is 9.69 Å². The number of amides is 1. The Hall–Kier alpha value is -1.72. The molecule has 5 rings (SSSR count). The monoisotopic (exact) mass is 378 g/mol. The third-order valence-electron chi connectivity index (χ3n) is 6.43. The Labute approximate surface area is 154 Å². The first kappa shape index (κ1) is 16.5. The van der Waals surface area contributed by atoms with E-state index in [-0.39, 0.29) is 28.1 Å². The van der Waals surface area contributed by atoms with Crippen LogP contribution < -0.4 is 4.90 Å². The molecule has 0 aliphatic carbocycles. The quantitative estimate of drug-likeness (QED) is 0.807. The van der Waals surface area contributed by atoms with E-state index in [9.17, 15) is 14.3 Å². The number of anilines is 1. The van der Waals surface area contributed by atoms with E-state index in [1.807, 2.05) is 6.92 Å². The molecule has 1 N–H and O–H groups in total. The van der Waals surface area contributed by atoms with Crippen molar-refractivity contribution < 1.29 is 23.8 Å². The van der Waals surface area contributed by atoms with Crippen molar-refractivity contribution in [3.05, 3.63) is 28.5 Å². The molecule has 1 spiro atoms.